The summed E-state index contributed by atoms with van der Waals surface area (Å²) in [5, 5.41) is 3.61. The minimum atomic E-state index is 0.750. The Morgan fingerprint density at radius 2 is 1.95 bits per heavy atom. The Bertz CT molecular complexity index is 393. The van der Waals surface area contributed by atoms with Crippen LogP contribution in [0.15, 0.2) is 12.3 Å². The molecule has 1 saturated carbocycles. The van der Waals surface area contributed by atoms with Crippen LogP contribution in [0.25, 0.3) is 0 Å². The number of nitrogens with one attached hydrogen (secondary N) is 1. The van der Waals surface area contributed by atoms with Gasteiger partial charge in [-0.3, -0.25) is 4.98 Å². The van der Waals surface area contributed by atoms with Gasteiger partial charge in [0, 0.05) is 48.8 Å². The van der Waals surface area contributed by atoms with Crippen molar-refractivity contribution in [3.63, 3.8) is 0 Å². The molecular formula is C16H27N3. The Morgan fingerprint density at radius 1 is 1.26 bits per heavy atom. The first-order valence-corrected chi connectivity index (χ1v) is 7.68. The lowest BCUT2D eigenvalue weighted by Crippen LogP contribution is -2.27. The van der Waals surface area contributed by atoms with Crippen LogP contribution in [0.2, 0.25) is 0 Å². The molecule has 106 valence electrons. The van der Waals surface area contributed by atoms with Crippen molar-refractivity contribution in [2.45, 2.75) is 59.0 Å². The van der Waals surface area contributed by atoms with Gasteiger partial charge < -0.3 is 10.2 Å². The summed E-state index contributed by atoms with van der Waals surface area (Å²) in [6, 6.07) is 3.00. The van der Waals surface area contributed by atoms with E-state index in [1.54, 1.807) is 0 Å². The Labute approximate surface area is 117 Å². The van der Waals surface area contributed by atoms with Gasteiger partial charge >= 0.3 is 0 Å². The third kappa shape index (κ3) is 4.20. The number of aromatic nitrogens is 1. The van der Waals surface area contributed by atoms with E-state index in [9.17, 15) is 0 Å². The van der Waals surface area contributed by atoms with Crippen LogP contribution in [0.3, 0.4) is 0 Å². The summed E-state index contributed by atoms with van der Waals surface area (Å²) >= 11 is 0. The molecule has 0 aromatic carbocycles. The van der Waals surface area contributed by atoms with Gasteiger partial charge in [0.05, 0.1) is 0 Å². The van der Waals surface area contributed by atoms with Crippen molar-refractivity contribution in [3.8, 4) is 0 Å². The van der Waals surface area contributed by atoms with Crippen molar-refractivity contribution in [3.05, 3.63) is 23.5 Å². The van der Waals surface area contributed by atoms with Crippen LogP contribution in [0.4, 0.5) is 5.69 Å². The average molecular weight is 261 g/mol. The summed E-state index contributed by atoms with van der Waals surface area (Å²) < 4.78 is 0. The first-order valence-electron chi connectivity index (χ1n) is 7.68. The first kappa shape index (κ1) is 14.3. The molecule has 0 spiro atoms. The van der Waals surface area contributed by atoms with Gasteiger partial charge in [0.25, 0.3) is 0 Å². The third-order valence-electron chi connectivity index (χ3n) is 3.58. The first-order chi connectivity index (χ1) is 9.24. The second-order valence-electron chi connectivity index (χ2n) is 5.60. The van der Waals surface area contributed by atoms with Gasteiger partial charge in [-0.25, -0.2) is 0 Å². The second-order valence-corrected chi connectivity index (χ2v) is 5.60. The number of pyridine rings is 1. The lowest BCUT2D eigenvalue weighted by molar-refractivity contribution is 0.675. The standard InChI is InChI=1S/C16H27N3/c1-4-8-19(9-5-2)16-10-13(3)17-11-14(16)12-18-15-6-7-15/h10-11,15,18H,4-9,12H2,1-3H3. The molecule has 0 saturated heterocycles. The monoisotopic (exact) mass is 261 g/mol. The number of nitrogens with zero attached hydrogens (tertiary/aromatic N) is 2. The van der Waals surface area contributed by atoms with E-state index in [4.69, 9.17) is 0 Å². The maximum atomic E-state index is 4.47. The quantitative estimate of drug-likeness (QED) is 0.778. The van der Waals surface area contributed by atoms with Crippen molar-refractivity contribution in [2.24, 2.45) is 0 Å². The van der Waals surface area contributed by atoms with E-state index in [2.05, 4.69) is 48.2 Å². The molecule has 1 aliphatic rings. The SMILES string of the molecule is CCCN(CCC)c1cc(C)ncc1CNC1CC1. The van der Waals surface area contributed by atoms with Gasteiger partial charge in [0.1, 0.15) is 0 Å². The van der Waals surface area contributed by atoms with E-state index in [1.165, 1.54) is 36.9 Å². The van der Waals surface area contributed by atoms with E-state index in [1.807, 2.05) is 0 Å². The molecule has 1 heterocycles. The van der Waals surface area contributed by atoms with Gasteiger partial charge in [0.15, 0.2) is 0 Å². The summed E-state index contributed by atoms with van der Waals surface area (Å²) in [4.78, 5) is 6.99. The van der Waals surface area contributed by atoms with E-state index in [0.29, 0.717) is 0 Å². The van der Waals surface area contributed by atoms with Crippen molar-refractivity contribution in [2.75, 3.05) is 18.0 Å². The Balaban J connectivity index is 2.14. The van der Waals surface area contributed by atoms with Gasteiger partial charge in [0.2, 0.25) is 0 Å². The molecule has 2 rings (SSSR count). The predicted molar refractivity (Wildman–Crippen MR) is 81.6 cm³/mol. The third-order valence-corrected chi connectivity index (χ3v) is 3.58. The zero-order chi connectivity index (χ0) is 13.7. The van der Waals surface area contributed by atoms with Crippen LogP contribution >= 0.6 is 0 Å². The molecule has 1 fully saturated rings. The van der Waals surface area contributed by atoms with E-state index < -0.39 is 0 Å². The summed E-state index contributed by atoms with van der Waals surface area (Å²) in [5.41, 5.74) is 3.84. The molecule has 0 amide bonds. The summed E-state index contributed by atoms with van der Waals surface area (Å²) in [7, 11) is 0. The summed E-state index contributed by atoms with van der Waals surface area (Å²) in [6.07, 6.45) is 7.11. The van der Waals surface area contributed by atoms with Gasteiger partial charge in [-0.05, 0) is 38.7 Å². The molecule has 1 N–H and O–H groups in total. The molecule has 19 heavy (non-hydrogen) atoms. The molecule has 0 atom stereocenters. The van der Waals surface area contributed by atoms with E-state index in [0.717, 1.165) is 31.4 Å². The Kier molecular flexibility index (Phi) is 5.20. The fraction of sp³-hybridized carbons (Fsp3) is 0.688. The Hall–Kier alpha value is -1.09. The predicted octanol–water partition coefficient (Wildman–Crippen LogP) is 3.27. The zero-order valence-electron chi connectivity index (χ0n) is 12.6. The highest BCUT2D eigenvalue weighted by molar-refractivity contribution is 5.53. The minimum absolute atomic E-state index is 0.750. The van der Waals surface area contributed by atoms with Crippen molar-refractivity contribution >= 4 is 5.69 Å². The average Bonchev–Trinajstić information content (AvgIpc) is 3.21. The molecule has 3 nitrogen and oxygen atoms in total. The maximum absolute atomic E-state index is 4.47. The minimum Gasteiger partial charge on any atom is -0.371 e. The van der Waals surface area contributed by atoms with Crippen molar-refractivity contribution in [1.82, 2.24) is 10.3 Å². The zero-order valence-corrected chi connectivity index (χ0v) is 12.6. The van der Waals surface area contributed by atoms with Gasteiger partial charge in [-0.15, -0.1) is 0 Å². The molecule has 1 aromatic heterocycles. The molecule has 0 bridgehead atoms. The molecular weight excluding hydrogens is 234 g/mol. The van der Waals surface area contributed by atoms with Crippen LogP contribution < -0.4 is 10.2 Å². The topological polar surface area (TPSA) is 28.2 Å². The number of hydrogen-bond donors (Lipinski definition) is 1. The van der Waals surface area contributed by atoms with Crippen molar-refractivity contribution < 1.29 is 0 Å². The molecule has 1 aliphatic carbocycles. The number of rotatable bonds is 8. The largest absolute Gasteiger partial charge is 0.371 e. The molecule has 0 unspecified atom stereocenters. The highest BCUT2D eigenvalue weighted by Crippen LogP contribution is 2.24. The van der Waals surface area contributed by atoms with Crippen LogP contribution in [0.1, 0.15) is 50.8 Å². The number of anilines is 1. The molecule has 1 aromatic rings. The molecule has 3 heteroatoms. The highest BCUT2D eigenvalue weighted by atomic mass is 15.1. The van der Waals surface area contributed by atoms with Crippen LogP contribution in [-0.4, -0.2) is 24.1 Å². The Morgan fingerprint density at radius 3 is 2.53 bits per heavy atom. The smallest absolute Gasteiger partial charge is 0.0445 e. The normalized spacial score (nSPS) is 14.7. The van der Waals surface area contributed by atoms with Crippen LogP contribution in [-0.2, 0) is 6.54 Å². The fourth-order valence-corrected chi connectivity index (χ4v) is 2.44. The number of hydrogen-bond acceptors (Lipinski definition) is 3. The lowest BCUT2D eigenvalue weighted by Gasteiger charge is -2.26. The van der Waals surface area contributed by atoms with Crippen LogP contribution in [0.5, 0.6) is 0 Å². The second kappa shape index (κ2) is 6.90. The maximum Gasteiger partial charge on any atom is 0.0445 e. The lowest BCUT2D eigenvalue weighted by atomic mass is 10.1. The van der Waals surface area contributed by atoms with E-state index >= 15 is 0 Å². The van der Waals surface area contributed by atoms with Gasteiger partial charge in [-0.1, -0.05) is 13.8 Å². The molecule has 0 radical (unpaired) electrons. The summed E-state index contributed by atoms with van der Waals surface area (Å²) in [6.45, 7) is 9.80. The molecule has 0 aliphatic heterocycles. The van der Waals surface area contributed by atoms with Gasteiger partial charge in [-0.2, -0.15) is 0 Å². The van der Waals surface area contributed by atoms with E-state index in [-0.39, 0.29) is 0 Å². The summed E-state index contributed by atoms with van der Waals surface area (Å²) in [5.74, 6) is 0. The highest BCUT2D eigenvalue weighted by Gasteiger charge is 2.21. The van der Waals surface area contributed by atoms with Crippen LogP contribution in [0, 0.1) is 6.92 Å². The number of aryl methyl sites for hydroxylation is 1. The van der Waals surface area contributed by atoms with Crippen molar-refractivity contribution in [1.29, 1.82) is 0 Å². The fourth-order valence-electron chi connectivity index (χ4n) is 2.44.